The second kappa shape index (κ2) is 7.61. The summed E-state index contributed by atoms with van der Waals surface area (Å²) >= 11 is 0. The van der Waals surface area contributed by atoms with E-state index in [9.17, 15) is 9.59 Å². The molecule has 6 nitrogen and oxygen atoms in total. The number of carbonyl (C=O) groups excluding carboxylic acids is 2. The molecular formula is C19H22N2O4. The highest BCUT2D eigenvalue weighted by Gasteiger charge is 2.22. The molecule has 1 unspecified atom stereocenters. The van der Waals surface area contributed by atoms with Gasteiger partial charge >= 0.3 is 5.97 Å². The number of hydrogen-bond acceptors (Lipinski definition) is 5. The fourth-order valence-electron chi connectivity index (χ4n) is 3.12. The summed E-state index contributed by atoms with van der Waals surface area (Å²) in [6.07, 6.45) is 3.84. The smallest absolute Gasteiger partial charge is 0.357 e. The van der Waals surface area contributed by atoms with Gasteiger partial charge in [0.05, 0.1) is 6.10 Å². The fourth-order valence-corrected chi connectivity index (χ4v) is 3.12. The standard InChI is InChI=1S/C19H22N2O4/c1-13-10-16(14(2)21(13)11-15-6-5-9-24-15)18(22)12-25-19(23)17-7-3-4-8-20-17/h3-4,7-8,10,15H,5-6,9,11-12H2,1-2H3. The summed E-state index contributed by atoms with van der Waals surface area (Å²) in [6.45, 7) is 5.14. The Hall–Kier alpha value is -2.47. The van der Waals surface area contributed by atoms with Crippen molar-refractivity contribution >= 4 is 11.8 Å². The van der Waals surface area contributed by atoms with Crippen LogP contribution in [0.15, 0.2) is 30.5 Å². The first-order valence-electron chi connectivity index (χ1n) is 8.46. The van der Waals surface area contributed by atoms with Gasteiger partial charge in [0.2, 0.25) is 5.78 Å². The van der Waals surface area contributed by atoms with Gasteiger partial charge in [0.1, 0.15) is 5.69 Å². The molecule has 1 aliphatic rings. The van der Waals surface area contributed by atoms with Gasteiger partial charge in [-0.2, -0.15) is 0 Å². The molecule has 0 saturated carbocycles. The fraction of sp³-hybridized carbons (Fsp3) is 0.421. The van der Waals surface area contributed by atoms with E-state index < -0.39 is 5.97 Å². The van der Waals surface area contributed by atoms with Gasteiger partial charge in [-0.05, 0) is 44.9 Å². The summed E-state index contributed by atoms with van der Waals surface area (Å²) < 4.78 is 12.9. The molecule has 6 heteroatoms. The van der Waals surface area contributed by atoms with Gasteiger partial charge in [-0.25, -0.2) is 9.78 Å². The van der Waals surface area contributed by atoms with Crippen molar-refractivity contribution in [1.82, 2.24) is 9.55 Å². The van der Waals surface area contributed by atoms with Gasteiger partial charge < -0.3 is 14.0 Å². The number of aryl methyl sites for hydroxylation is 1. The minimum absolute atomic E-state index is 0.194. The number of carbonyl (C=O) groups is 2. The summed E-state index contributed by atoms with van der Waals surface area (Å²) in [4.78, 5) is 28.3. The van der Waals surface area contributed by atoms with E-state index in [-0.39, 0.29) is 24.2 Å². The Balaban J connectivity index is 1.65. The molecule has 3 rings (SSSR count). The number of hydrogen-bond donors (Lipinski definition) is 0. The minimum Gasteiger partial charge on any atom is -0.453 e. The third-order valence-corrected chi connectivity index (χ3v) is 4.49. The molecule has 0 N–H and O–H groups in total. The molecule has 1 atom stereocenters. The Bertz CT molecular complexity index is 761. The minimum atomic E-state index is -0.595. The molecule has 0 aromatic carbocycles. The number of Topliss-reactive ketones (excluding diaryl/α,β-unsaturated/α-hetero) is 1. The first-order chi connectivity index (χ1) is 12.1. The molecule has 0 amide bonds. The van der Waals surface area contributed by atoms with E-state index in [2.05, 4.69) is 9.55 Å². The average Bonchev–Trinajstić information content (AvgIpc) is 3.24. The molecule has 132 valence electrons. The largest absolute Gasteiger partial charge is 0.453 e. The highest BCUT2D eigenvalue weighted by Crippen LogP contribution is 2.20. The van der Waals surface area contributed by atoms with E-state index in [0.29, 0.717) is 5.56 Å². The average molecular weight is 342 g/mol. The van der Waals surface area contributed by atoms with Crippen molar-refractivity contribution in [3.05, 3.63) is 53.1 Å². The number of rotatable bonds is 6. The Morgan fingerprint density at radius 3 is 2.88 bits per heavy atom. The maximum atomic E-state index is 12.5. The Kier molecular flexibility index (Phi) is 5.28. The van der Waals surface area contributed by atoms with Crippen LogP contribution in [-0.2, 0) is 16.0 Å². The SMILES string of the molecule is Cc1cc(C(=O)COC(=O)c2ccccn2)c(C)n1CC1CCCO1. The molecule has 0 spiro atoms. The monoisotopic (exact) mass is 342 g/mol. The number of nitrogens with zero attached hydrogens (tertiary/aromatic N) is 2. The zero-order valence-corrected chi connectivity index (χ0v) is 14.5. The van der Waals surface area contributed by atoms with E-state index >= 15 is 0 Å². The summed E-state index contributed by atoms with van der Waals surface area (Å²) in [5, 5.41) is 0. The third kappa shape index (κ3) is 3.96. The Labute approximate surface area is 146 Å². The summed E-state index contributed by atoms with van der Waals surface area (Å²) in [7, 11) is 0. The lowest BCUT2D eigenvalue weighted by atomic mass is 10.1. The van der Waals surface area contributed by atoms with Gasteiger partial charge in [0, 0.05) is 36.3 Å². The van der Waals surface area contributed by atoms with Crippen molar-refractivity contribution in [2.45, 2.75) is 39.3 Å². The van der Waals surface area contributed by atoms with Gasteiger partial charge in [0.15, 0.2) is 6.61 Å². The van der Waals surface area contributed by atoms with Crippen molar-refractivity contribution in [1.29, 1.82) is 0 Å². The van der Waals surface area contributed by atoms with E-state index in [4.69, 9.17) is 9.47 Å². The summed E-state index contributed by atoms with van der Waals surface area (Å²) in [5.41, 5.74) is 2.67. The number of esters is 1. The molecule has 0 radical (unpaired) electrons. The molecule has 1 aliphatic heterocycles. The molecule has 0 aliphatic carbocycles. The molecule has 2 aromatic rings. The highest BCUT2D eigenvalue weighted by molar-refractivity contribution is 6.00. The molecule has 25 heavy (non-hydrogen) atoms. The zero-order chi connectivity index (χ0) is 17.8. The lowest BCUT2D eigenvalue weighted by molar-refractivity contribution is 0.0468. The number of aromatic nitrogens is 2. The van der Waals surface area contributed by atoms with Crippen LogP contribution >= 0.6 is 0 Å². The number of ether oxygens (including phenoxy) is 2. The van der Waals surface area contributed by atoms with Gasteiger partial charge in [-0.3, -0.25) is 4.79 Å². The zero-order valence-electron chi connectivity index (χ0n) is 14.5. The van der Waals surface area contributed by atoms with Crippen molar-refractivity contribution in [3.63, 3.8) is 0 Å². The highest BCUT2D eigenvalue weighted by atomic mass is 16.5. The Morgan fingerprint density at radius 1 is 1.36 bits per heavy atom. The molecular weight excluding hydrogens is 320 g/mol. The molecule has 1 fully saturated rings. The first-order valence-corrected chi connectivity index (χ1v) is 8.46. The quantitative estimate of drug-likeness (QED) is 0.596. The Morgan fingerprint density at radius 2 is 2.20 bits per heavy atom. The van der Waals surface area contributed by atoms with E-state index in [1.54, 1.807) is 18.2 Å². The van der Waals surface area contributed by atoms with Crippen molar-refractivity contribution in [3.8, 4) is 0 Å². The summed E-state index contributed by atoms with van der Waals surface area (Å²) in [6, 6.07) is 6.82. The van der Waals surface area contributed by atoms with Crippen LogP contribution in [0.1, 0.15) is 45.1 Å². The van der Waals surface area contributed by atoms with Crippen molar-refractivity contribution in [2.24, 2.45) is 0 Å². The first kappa shape index (κ1) is 17.4. The lowest BCUT2D eigenvalue weighted by Gasteiger charge is -2.14. The molecule has 3 heterocycles. The third-order valence-electron chi connectivity index (χ3n) is 4.49. The normalized spacial score (nSPS) is 16.8. The molecule has 0 bridgehead atoms. The van der Waals surface area contributed by atoms with E-state index in [0.717, 1.165) is 37.4 Å². The predicted octanol–water partition coefficient (Wildman–Crippen LogP) is 2.72. The van der Waals surface area contributed by atoms with Crippen LogP contribution in [0.4, 0.5) is 0 Å². The molecule has 1 saturated heterocycles. The van der Waals surface area contributed by atoms with Crippen LogP contribution < -0.4 is 0 Å². The topological polar surface area (TPSA) is 70.4 Å². The maximum absolute atomic E-state index is 12.5. The van der Waals surface area contributed by atoms with Gasteiger partial charge in [-0.15, -0.1) is 0 Å². The second-order valence-electron chi connectivity index (χ2n) is 6.24. The van der Waals surface area contributed by atoms with Crippen LogP contribution in [0.2, 0.25) is 0 Å². The van der Waals surface area contributed by atoms with E-state index in [1.165, 1.54) is 6.20 Å². The van der Waals surface area contributed by atoms with Crippen LogP contribution in [0, 0.1) is 13.8 Å². The van der Waals surface area contributed by atoms with Crippen LogP contribution in [0.5, 0.6) is 0 Å². The van der Waals surface area contributed by atoms with Gasteiger partial charge in [-0.1, -0.05) is 6.07 Å². The van der Waals surface area contributed by atoms with Crippen molar-refractivity contribution < 1.29 is 19.1 Å². The lowest BCUT2D eigenvalue weighted by Crippen LogP contribution is -2.18. The summed E-state index contributed by atoms with van der Waals surface area (Å²) in [5.74, 6) is -0.807. The number of pyridine rings is 1. The van der Waals surface area contributed by atoms with Crippen LogP contribution in [0.3, 0.4) is 0 Å². The van der Waals surface area contributed by atoms with Gasteiger partial charge in [0.25, 0.3) is 0 Å². The maximum Gasteiger partial charge on any atom is 0.357 e. The van der Waals surface area contributed by atoms with E-state index in [1.807, 2.05) is 19.9 Å². The van der Waals surface area contributed by atoms with Crippen LogP contribution in [-0.4, -0.2) is 40.6 Å². The van der Waals surface area contributed by atoms with Crippen LogP contribution in [0.25, 0.3) is 0 Å². The number of ketones is 1. The van der Waals surface area contributed by atoms with Crippen molar-refractivity contribution in [2.75, 3.05) is 13.2 Å². The predicted molar refractivity (Wildman–Crippen MR) is 91.7 cm³/mol. The molecule has 2 aromatic heterocycles. The second-order valence-corrected chi connectivity index (χ2v) is 6.24.